The number of sulfone groups is 1. The van der Waals surface area contributed by atoms with Crippen molar-refractivity contribution < 1.29 is 8.42 Å². The van der Waals surface area contributed by atoms with Crippen molar-refractivity contribution in [1.82, 2.24) is 4.98 Å². The van der Waals surface area contributed by atoms with E-state index in [0.717, 1.165) is 16.4 Å². The van der Waals surface area contributed by atoms with Gasteiger partial charge in [-0.15, -0.1) is 11.3 Å². The Labute approximate surface area is 191 Å². The van der Waals surface area contributed by atoms with Gasteiger partial charge in [-0.05, 0) is 56.5 Å². The fourth-order valence-corrected chi connectivity index (χ4v) is 7.18. The number of aromatic nitrogens is 1. The molecule has 2 aromatic carbocycles. The molecule has 1 aliphatic rings. The normalized spacial score (nSPS) is 15.5. The molecule has 0 atom stereocenters. The number of anilines is 1. The maximum absolute atomic E-state index is 13.1. The number of nitrogens with zero attached hydrogens (tertiary/aromatic N) is 2. The Balaban J connectivity index is 1.49. The minimum Gasteiger partial charge on any atom is -0.348 e. The number of hydrogen-bond donors (Lipinski definition) is 0. The average Bonchev–Trinajstić information content (AvgIpc) is 3.19. The number of aryl methyl sites for hydroxylation is 2. The summed E-state index contributed by atoms with van der Waals surface area (Å²) in [6.07, 6.45) is 1.08. The number of rotatable bonds is 4. The summed E-state index contributed by atoms with van der Waals surface area (Å²) in [6.45, 7) is 5.46. The lowest BCUT2D eigenvalue weighted by Gasteiger charge is -2.31. The largest absolute Gasteiger partial charge is 0.348 e. The van der Waals surface area contributed by atoms with Gasteiger partial charge in [0.25, 0.3) is 0 Å². The van der Waals surface area contributed by atoms with Crippen molar-refractivity contribution in [2.24, 2.45) is 0 Å². The molecule has 0 amide bonds. The zero-order chi connectivity index (χ0) is 21.5. The molecule has 0 bridgehead atoms. The second kappa shape index (κ2) is 8.50. The first kappa shape index (κ1) is 21.6. The van der Waals surface area contributed by atoms with E-state index in [2.05, 4.69) is 42.3 Å². The van der Waals surface area contributed by atoms with Gasteiger partial charge in [0.2, 0.25) is 0 Å². The number of hydrogen-bond acceptors (Lipinski definition) is 5. The lowest BCUT2D eigenvalue weighted by atomic mass is 10.0. The van der Waals surface area contributed by atoms with Crippen LogP contribution in [0.4, 0.5) is 5.13 Å². The third kappa shape index (κ3) is 4.24. The van der Waals surface area contributed by atoms with Crippen LogP contribution < -0.4 is 4.90 Å². The van der Waals surface area contributed by atoms with Gasteiger partial charge >= 0.3 is 0 Å². The monoisotopic (exact) mass is 480 g/mol. The SMILES string of the molecule is Cc1ccc(C)c(-c2csc(N3CCC(S(=O)(=O)c4ccc(Cl)cc4Cl)CC3)n2)c1. The maximum Gasteiger partial charge on any atom is 0.185 e. The summed E-state index contributed by atoms with van der Waals surface area (Å²) in [4.78, 5) is 7.18. The molecule has 0 saturated carbocycles. The minimum absolute atomic E-state index is 0.165. The van der Waals surface area contributed by atoms with Gasteiger partial charge in [0.15, 0.2) is 15.0 Å². The number of piperidine rings is 1. The average molecular weight is 481 g/mol. The van der Waals surface area contributed by atoms with Crippen LogP contribution in [-0.4, -0.2) is 31.7 Å². The molecule has 158 valence electrons. The molecule has 1 fully saturated rings. The van der Waals surface area contributed by atoms with Crippen molar-refractivity contribution >= 4 is 49.5 Å². The molecule has 1 saturated heterocycles. The van der Waals surface area contributed by atoms with E-state index in [1.165, 1.54) is 23.3 Å². The first-order valence-electron chi connectivity index (χ1n) is 9.73. The highest BCUT2D eigenvalue weighted by atomic mass is 35.5. The Hall–Kier alpha value is -1.60. The first-order chi connectivity index (χ1) is 14.3. The quantitative estimate of drug-likeness (QED) is 0.447. The van der Waals surface area contributed by atoms with Crippen LogP contribution in [0.1, 0.15) is 24.0 Å². The van der Waals surface area contributed by atoms with Crippen LogP contribution >= 0.6 is 34.5 Å². The highest BCUT2D eigenvalue weighted by Gasteiger charge is 2.33. The van der Waals surface area contributed by atoms with Gasteiger partial charge in [-0.1, -0.05) is 40.9 Å². The van der Waals surface area contributed by atoms with E-state index in [1.54, 1.807) is 17.4 Å². The fourth-order valence-electron chi connectivity index (χ4n) is 3.79. The van der Waals surface area contributed by atoms with Gasteiger partial charge in [-0.2, -0.15) is 0 Å². The van der Waals surface area contributed by atoms with Gasteiger partial charge in [-0.25, -0.2) is 13.4 Å². The Kier molecular flexibility index (Phi) is 6.13. The van der Waals surface area contributed by atoms with E-state index >= 15 is 0 Å². The van der Waals surface area contributed by atoms with Crippen LogP contribution in [0.25, 0.3) is 11.3 Å². The molecular weight excluding hydrogens is 459 g/mol. The predicted molar refractivity (Wildman–Crippen MR) is 126 cm³/mol. The van der Waals surface area contributed by atoms with Crippen molar-refractivity contribution in [3.8, 4) is 11.3 Å². The number of thiazole rings is 1. The van der Waals surface area contributed by atoms with E-state index in [-0.39, 0.29) is 9.92 Å². The molecule has 3 aromatic rings. The molecule has 0 spiro atoms. The molecular formula is C22H22Cl2N2O2S2. The molecule has 4 rings (SSSR count). The molecule has 1 aliphatic heterocycles. The van der Waals surface area contributed by atoms with E-state index < -0.39 is 15.1 Å². The summed E-state index contributed by atoms with van der Waals surface area (Å²) in [5, 5.41) is 3.17. The van der Waals surface area contributed by atoms with E-state index in [1.807, 2.05) is 0 Å². The van der Waals surface area contributed by atoms with Crippen molar-refractivity contribution in [1.29, 1.82) is 0 Å². The van der Waals surface area contributed by atoms with Crippen molar-refractivity contribution in [2.75, 3.05) is 18.0 Å². The van der Waals surface area contributed by atoms with Gasteiger partial charge in [0.1, 0.15) is 0 Å². The van der Waals surface area contributed by atoms with Crippen molar-refractivity contribution in [3.63, 3.8) is 0 Å². The second-order valence-electron chi connectivity index (χ2n) is 7.64. The van der Waals surface area contributed by atoms with Crippen LogP contribution in [0.15, 0.2) is 46.7 Å². The van der Waals surface area contributed by atoms with Crippen LogP contribution in [-0.2, 0) is 9.84 Å². The highest BCUT2D eigenvalue weighted by Crippen LogP contribution is 2.34. The number of halogens is 2. The molecule has 8 heteroatoms. The van der Waals surface area contributed by atoms with Gasteiger partial charge < -0.3 is 4.90 Å². The summed E-state index contributed by atoms with van der Waals surface area (Å²) >= 11 is 13.7. The lowest BCUT2D eigenvalue weighted by Crippen LogP contribution is -2.39. The van der Waals surface area contributed by atoms with Crippen LogP contribution in [0.5, 0.6) is 0 Å². The smallest absolute Gasteiger partial charge is 0.185 e. The Morgan fingerprint density at radius 2 is 1.80 bits per heavy atom. The summed E-state index contributed by atoms with van der Waals surface area (Å²) in [6, 6.07) is 10.9. The predicted octanol–water partition coefficient (Wildman–Crippen LogP) is 6.18. The summed E-state index contributed by atoms with van der Waals surface area (Å²) in [7, 11) is -3.50. The topological polar surface area (TPSA) is 50.3 Å². The Bertz CT molecular complexity index is 1180. The Morgan fingerprint density at radius 3 is 2.50 bits per heavy atom. The van der Waals surface area contributed by atoms with E-state index in [0.29, 0.717) is 31.0 Å². The second-order valence-corrected chi connectivity index (χ2v) is 11.5. The third-order valence-electron chi connectivity index (χ3n) is 5.51. The summed E-state index contributed by atoms with van der Waals surface area (Å²) in [5.74, 6) is 0. The molecule has 0 radical (unpaired) electrons. The van der Waals surface area contributed by atoms with Crippen LogP contribution in [0.3, 0.4) is 0 Å². The molecule has 1 aromatic heterocycles. The molecule has 30 heavy (non-hydrogen) atoms. The highest BCUT2D eigenvalue weighted by molar-refractivity contribution is 7.92. The summed E-state index contributed by atoms with van der Waals surface area (Å²) < 4.78 is 26.1. The van der Waals surface area contributed by atoms with Crippen LogP contribution in [0, 0.1) is 13.8 Å². The standard InChI is InChI=1S/C22H22Cl2N2O2S2/c1-14-3-4-15(2)18(11-14)20-13-29-22(25-20)26-9-7-17(8-10-26)30(27,28)21-6-5-16(23)12-19(21)24/h3-6,11-13,17H,7-10H2,1-2H3. The zero-order valence-electron chi connectivity index (χ0n) is 16.7. The lowest BCUT2D eigenvalue weighted by molar-refractivity contribution is 0.529. The minimum atomic E-state index is -3.50. The Morgan fingerprint density at radius 1 is 1.07 bits per heavy atom. The molecule has 2 heterocycles. The molecule has 0 aliphatic carbocycles. The van der Waals surface area contributed by atoms with Gasteiger partial charge in [0, 0.05) is 29.1 Å². The zero-order valence-corrected chi connectivity index (χ0v) is 19.9. The summed E-state index contributed by atoms with van der Waals surface area (Å²) in [5.41, 5.74) is 4.52. The van der Waals surface area contributed by atoms with E-state index in [9.17, 15) is 8.42 Å². The molecule has 0 N–H and O–H groups in total. The maximum atomic E-state index is 13.1. The number of benzene rings is 2. The first-order valence-corrected chi connectivity index (χ1v) is 12.9. The van der Waals surface area contributed by atoms with Crippen molar-refractivity contribution in [2.45, 2.75) is 36.8 Å². The van der Waals surface area contributed by atoms with Gasteiger partial charge in [0.05, 0.1) is 20.9 Å². The van der Waals surface area contributed by atoms with Crippen LogP contribution in [0.2, 0.25) is 10.0 Å². The van der Waals surface area contributed by atoms with Crippen molar-refractivity contribution in [3.05, 3.63) is 63.0 Å². The van der Waals surface area contributed by atoms with Gasteiger partial charge in [-0.3, -0.25) is 0 Å². The third-order valence-corrected chi connectivity index (χ3v) is 9.39. The molecule has 0 unspecified atom stereocenters. The fraction of sp³-hybridized carbons (Fsp3) is 0.318. The molecule has 4 nitrogen and oxygen atoms in total. The van der Waals surface area contributed by atoms with E-state index in [4.69, 9.17) is 28.2 Å².